The topological polar surface area (TPSA) is 251 Å². The van der Waals surface area contributed by atoms with Crippen LogP contribution in [0.15, 0.2) is 48.5 Å². The minimum absolute atomic E-state index is 0.0178. The smallest absolute Gasteiger partial charge is 0.407 e. The number of carbonyl (C=O) groups excluding carboxylic acids is 7. The van der Waals surface area contributed by atoms with Gasteiger partial charge in [-0.2, -0.15) is 0 Å². The number of ether oxygens (including phenoxy) is 2. The normalized spacial score (nSPS) is 14.9. The van der Waals surface area contributed by atoms with Gasteiger partial charge in [0.05, 0.1) is 0 Å². The maximum absolute atomic E-state index is 14.2. The Bertz CT molecular complexity index is 2000. The van der Waals surface area contributed by atoms with Crippen molar-refractivity contribution in [2.24, 2.45) is 0 Å². The predicted molar refractivity (Wildman–Crippen MR) is 257 cm³/mol. The number of hydrogen-bond donors (Lipinski definition) is 7. The molecule has 2 aromatic carbocycles. The summed E-state index contributed by atoms with van der Waals surface area (Å²) in [6.45, 7) is 14.8. The van der Waals surface area contributed by atoms with E-state index in [0.717, 1.165) is 30.4 Å². The van der Waals surface area contributed by atoms with Gasteiger partial charge in [-0.05, 0) is 135 Å². The molecule has 18 nitrogen and oxygen atoms in total. The van der Waals surface area contributed by atoms with Crippen LogP contribution >= 0.6 is 0 Å². The fourth-order valence-corrected chi connectivity index (χ4v) is 7.42. The van der Waals surface area contributed by atoms with E-state index in [-0.39, 0.29) is 70.6 Å². The van der Waals surface area contributed by atoms with Crippen LogP contribution in [0.4, 0.5) is 9.59 Å². The number of nitrogens with zero attached hydrogens (tertiary/aromatic N) is 1. The zero-order valence-corrected chi connectivity index (χ0v) is 41.2. The first-order chi connectivity index (χ1) is 32.1. The first-order valence-electron chi connectivity index (χ1n) is 23.9. The Balaban J connectivity index is 1.60. The van der Waals surface area contributed by atoms with Gasteiger partial charge >= 0.3 is 18.2 Å². The summed E-state index contributed by atoms with van der Waals surface area (Å²) >= 11 is 0. The fraction of sp³-hybridized carbons (Fsp3) is 0.600. The molecule has 1 fully saturated rings. The number of hydrogen-bond acceptors (Lipinski definition) is 10. The Morgan fingerprint density at radius 2 is 1.25 bits per heavy atom. The Labute approximate surface area is 401 Å². The second-order valence-corrected chi connectivity index (χ2v) is 19.1. The molecule has 0 radical (unpaired) electrons. The maximum Gasteiger partial charge on any atom is 0.407 e. The van der Waals surface area contributed by atoms with Gasteiger partial charge < -0.3 is 51.4 Å². The molecular weight excluding hydrogens is 875 g/mol. The number of alkyl carbamates (subject to hydrolysis) is 2. The Hall–Kier alpha value is -6.20. The second kappa shape index (κ2) is 27.6. The zero-order valence-electron chi connectivity index (χ0n) is 41.2. The molecule has 7 N–H and O–H groups in total. The van der Waals surface area contributed by atoms with Crippen LogP contribution in [0.5, 0.6) is 0 Å². The van der Waals surface area contributed by atoms with Gasteiger partial charge in [0, 0.05) is 38.2 Å². The van der Waals surface area contributed by atoms with Gasteiger partial charge in [-0.15, -0.1) is 0 Å². The molecule has 4 unspecified atom stereocenters. The molecule has 1 saturated heterocycles. The molecule has 0 aromatic heterocycles. The molecule has 4 atom stereocenters. The lowest BCUT2D eigenvalue weighted by Gasteiger charge is -2.30. The Kier molecular flexibility index (Phi) is 22.8. The standard InChI is InChI=1S/C50H75N7O11/c1-9-11-16-33-20-22-34(23-21-33)35-24-26-36(27-25-35)42(59)51-31-28-41(58)54-38(18-14-30-53-48(66)68-50(6,7)8)45(62)57-32-15-19-40(57)44(61)55-37(10-2)43(60)56-39(46(63)64)17-12-13-29-52-47(65)67-49(3,4)5/h20-27,37-40H,9-19,28-32H2,1-8H3,(H,51,59)(H,52,65)(H,53,66)(H,54,58)(H,55,61)(H,56,60)(H,63,64). The average molecular weight is 950 g/mol. The van der Waals surface area contributed by atoms with Crippen molar-refractivity contribution in [3.05, 3.63) is 59.7 Å². The highest BCUT2D eigenvalue weighted by atomic mass is 16.6. The van der Waals surface area contributed by atoms with E-state index in [0.29, 0.717) is 24.8 Å². The molecule has 1 aliphatic rings. The third-order valence-corrected chi connectivity index (χ3v) is 10.9. The van der Waals surface area contributed by atoms with E-state index in [1.165, 1.54) is 10.5 Å². The molecule has 68 heavy (non-hydrogen) atoms. The van der Waals surface area contributed by atoms with Crippen molar-refractivity contribution in [2.45, 2.75) is 168 Å². The lowest BCUT2D eigenvalue weighted by atomic mass is 10.0. The quantitative estimate of drug-likeness (QED) is 0.0590. The predicted octanol–water partition coefficient (Wildman–Crippen LogP) is 5.76. The van der Waals surface area contributed by atoms with Crippen LogP contribution in [0.2, 0.25) is 0 Å². The number of benzene rings is 2. The summed E-state index contributed by atoms with van der Waals surface area (Å²) in [4.78, 5) is 105. The summed E-state index contributed by atoms with van der Waals surface area (Å²) in [5.41, 5.74) is 2.32. The van der Waals surface area contributed by atoms with Gasteiger partial charge in [-0.1, -0.05) is 56.7 Å². The molecule has 0 saturated carbocycles. The molecule has 0 aliphatic carbocycles. The molecule has 3 rings (SSSR count). The summed E-state index contributed by atoms with van der Waals surface area (Å²) in [7, 11) is 0. The van der Waals surface area contributed by atoms with Crippen LogP contribution in [0.1, 0.15) is 142 Å². The van der Waals surface area contributed by atoms with Gasteiger partial charge in [0.2, 0.25) is 23.6 Å². The monoisotopic (exact) mass is 950 g/mol. The number of aliphatic carboxylic acids is 1. The number of unbranched alkanes of at least 4 members (excludes halogenated alkanes) is 2. The molecule has 18 heteroatoms. The summed E-state index contributed by atoms with van der Waals surface area (Å²) in [5.74, 6) is -3.98. The van der Waals surface area contributed by atoms with Crippen molar-refractivity contribution < 1.29 is 52.9 Å². The minimum Gasteiger partial charge on any atom is -0.480 e. The molecule has 7 amide bonds. The molecule has 2 aromatic rings. The number of amides is 7. The van der Waals surface area contributed by atoms with E-state index < -0.39 is 77.2 Å². The Morgan fingerprint density at radius 3 is 1.81 bits per heavy atom. The Morgan fingerprint density at radius 1 is 0.676 bits per heavy atom. The van der Waals surface area contributed by atoms with Crippen LogP contribution in [0, 0.1) is 0 Å². The first-order valence-corrected chi connectivity index (χ1v) is 23.9. The van der Waals surface area contributed by atoms with E-state index in [4.69, 9.17) is 9.47 Å². The summed E-state index contributed by atoms with van der Waals surface area (Å²) in [6, 6.07) is 11.1. The molecule has 376 valence electrons. The third-order valence-electron chi connectivity index (χ3n) is 10.9. The van der Waals surface area contributed by atoms with Gasteiger partial charge in [0.25, 0.3) is 5.91 Å². The lowest BCUT2D eigenvalue weighted by molar-refractivity contribution is -0.143. The average Bonchev–Trinajstić information content (AvgIpc) is 3.77. The number of aryl methyl sites for hydroxylation is 1. The lowest BCUT2D eigenvalue weighted by Crippen LogP contribution is -2.57. The van der Waals surface area contributed by atoms with Crippen molar-refractivity contribution in [1.82, 2.24) is 36.8 Å². The summed E-state index contributed by atoms with van der Waals surface area (Å²) in [5, 5.41) is 25.8. The highest BCUT2D eigenvalue weighted by molar-refractivity contribution is 5.96. The van der Waals surface area contributed by atoms with E-state index >= 15 is 0 Å². The van der Waals surface area contributed by atoms with E-state index in [2.05, 4.69) is 63.1 Å². The number of nitrogens with one attached hydrogen (secondary N) is 6. The molecule has 0 spiro atoms. The minimum atomic E-state index is -1.26. The number of carboxylic acids is 1. The molecule has 0 bridgehead atoms. The highest BCUT2D eigenvalue weighted by Gasteiger charge is 2.39. The van der Waals surface area contributed by atoms with Crippen molar-refractivity contribution in [3.63, 3.8) is 0 Å². The molecule has 1 heterocycles. The van der Waals surface area contributed by atoms with Crippen LogP contribution in [0.25, 0.3) is 11.1 Å². The van der Waals surface area contributed by atoms with Crippen molar-refractivity contribution in [3.8, 4) is 11.1 Å². The summed E-state index contributed by atoms with van der Waals surface area (Å²) in [6.07, 6.45) is 4.02. The fourth-order valence-electron chi connectivity index (χ4n) is 7.42. The van der Waals surface area contributed by atoms with Crippen molar-refractivity contribution >= 4 is 47.7 Å². The van der Waals surface area contributed by atoms with Gasteiger partial charge in [0.1, 0.15) is 35.4 Å². The highest BCUT2D eigenvalue weighted by Crippen LogP contribution is 2.22. The van der Waals surface area contributed by atoms with Gasteiger partial charge in [-0.3, -0.25) is 24.0 Å². The van der Waals surface area contributed by atoms with Crippen LogP contribution < -0.4 is 31.9 Å². The number of likely N-dealkylation sites (tertiary alicyclic amines) is 1. The second-order valence-electron chi connectivity index (χ2n) is 19.1. The van der Waals surface area contributed by atoms with Crippen molar-refractivity contribution in [1.29, 1.82) is 0 Å². The number of carbonyl (C=O) groups is 8. The largest absolute Gasteiger partial charge is 0.480 e. The number of carboxylic acid groups (broad SMARTS) is 1. The van der Waals surface area contributed by atoms with E-state index in [1.54, 1.807) is 60.6 Å². The van der Waals surface area contributed by atoms with Crippen molar-refractivity contribution in [2.75, 3.05) is 26.2 Å². The molecule has 1 aliphatic heterocycles. The zero-order chi connectivity index (χ0) is 50.4. The summed E-state index contributed by atoms with van der Waals surface area (Å²) < 4.78 is 10.5. The third kappa shape index (κ3) is 20.3. The van der Waals surface area contributed by atoms with E-state index in [1.807, 2.05) is 12.1 Å². The first kappa shape index (κ1) is 56.1. The maximum atomic E-state index is 14.2. The van der Waals surface area contributed by atoms with Crippen LogP contribution in [-0.4, -0.2) is 119 Å². The SMILES string of the molecule is CCCCc1ccc(-c2ccc(C(=O)NCCC(=O)NC(CCCNC(=O)OC(C)(C)C)C(=O)N3CCCC3C(=O)NC(CC)C(=O)NC(CCCCNC(=O)OC(C)(C)C)C(=O)O)cc2)cc1. The van der Waals surface area contributed by atoms with Crippen LogP contribution in [0.3, 0.4) is 0 Å². The van der Waals surface area contributed by atoms with Gasteiger partial charge in [0.15, 0.2) is 0 Å². The number of rotatable bonds is 25. The molecular formula is C50H75N7O11. The van der Waals surface area contributed by atoms with Crippen LogP contribution in [-0.2, 0) is 39.9 Å². The van der Waals surface area contributed by atoms with Gasteiger partial charge in [-0.25, -0.2) is 14.4 Å². The van der Waals surface area contributed by atoms with E-state index in [9.17, 15) is 43.5 Å².